The van der Waals surface area contributed by atoms with E-state index < -0.39 is 0 Å². The highest BCUT2D eigenvalue weighted by molar-refractivity contribution is 6.31. The highest BCUT2D eigenvalue weighted by Gasteiger charge is 2.35. The molecule has 1 aliphatic carbocycles. The molecule has 5 rings (SSSR count). The van der Waals surface area contributed by atoms with Crippen LogP contribution in [0.3, 0.4) is 0 Å². The van der Waals surface area contributed by atoms with E-state index >= 15 is 0 Å². The van der Waals surface area contributed by atoms with Crippen molar-refractivity contribution in [3.05, 3.63) is 106 Å². The molecule has 0 saturated carbocycles. The molecule has 190 valence electrons. The lowest BCUT2D eigenvalue weighted by Crippen LogP contribution is -2.47. The van der Waals surface area contributed by atoms with Crippen molar-refractivity contribution >= 4 is 34.3 Å². The van der Waals surface area contributed by atoms with Crippen LogP contribution < -0.4 is 10.6 Å². The van der Waals surface area contributed by atoms with Gasteiger partial charge >= 0.3 is 0 Å². The number of aliphatic hydroxyl groups is 1. The summed E-state index contributed by atoms with van der Waals surface area (Å²) in [5.41, 5.74) is 4.44. The highest BCUT2D eigenvalue weighted by Crippen LogP contribution is 2.32. The fourth-order valence-corrected chi connectivity index (χ4v) is 5.18. The van der Waals surface area contributed by atoms with Gasteiger partial charge in [0.05, 0.1) is 25.2 Å². The Morgan fingerprint density at radius 2 is 1.78 bits per heavy atom. The number of hydrogen-bond acceptors (Lipinski definition) is 4. The number of aliphatic hydroxyl groups excluding tert-OH is 1. The zero-order valence-corrected chi connectivity index (χ0v) is 21.0. The number of rotatable bonds is 9. The van der Waals surface area contributed by atoms with Crippen LogP contribution in [0.5, 0.6) is 0 Å². The van der Waals surface area contributed by atoms with Gasteiger partial charge in [0.2, 0.25) is 5.91 Å². The molecule has 1 aliphatic rings. The maximum absolute atomic E-state index is 13.2. The van der Waals surface area contributed by atoms with Gasteiger partial charge in [-0.05, 0) is 47.4 Å². The number of aromatic amines is 1. The molecule has 1 heterocycles. The Hall–Kier alpha value is -3.65. The lowest BCUT2D eigenvalue weighted by molar-refractivity contribution is -0.123. The third-order valence-electron chi connectivity index (χ3n) is 6.73. The summed E-state index contributed by atoms with van der Waals surface area (Å²) in [7, 11) is 0. The number of fused-ring (bicyclic) bond motifs is 2. The van der Waals surface area contributed by atoms with Crippen molar-refractivity contribution in [1.82, 2.24) is 20.5 Å². The molecule has 8 heteroatoms. The zero-order chi connectivity index (χ0) is 25.8. The molecular formula is C29H29ClN4O3. The van der Waals surface area contributed by atoms with Gasteiger partial charge in [-0.3, -0.25) is 14.5 Å². The average Bonchev–Trinajstić information content (AvgIpc) is 3.46. The Kier molecular flexibility index (Phi) is 7.55. The van der Waals surface area contributed by atoms with Crippen molar-refractivity contribution in [3.63, 3.8) is 0 Å². The van der Waals surface area contributed by atoms with Crippen LogP contribution in [-0.4, -0.2) is 52.5 Å². The Bertz CT molecular complexity index is 1400. The third kappa shape index (κ3) is 5.85. The van der Waals surface area contributed by atoms with Crippen molar-refractivity contribution in [2.24, 2.45) is 0 Å². The summed E-state index contributed by atoms with van der Waals surface area (Å²) in [5, 5.41) is 17.3. The van der Waals surface area contributed by atoms with E-state index in [1.807, 2.05) is 71.6 Å². The number of benzene rings is 3. The van der Waals surface area contributed by atoms with Gasteiger partial charge < -0.3 is 20.7 Å². The van der Waals surface area contributed by atoms with E-state index in [-0.39, 0.29) is 37.0 Å². The molecular weight excluding hydrogens is 488 g/mol. The molecule has 37 heavy (non-hydrogen) atoms. The summed E-state index contributed by atoms with van der Waals surface area (Å²) in [6, 6.07) is 24.3. The van der Waals surface area contributed by atoms with E-state index in [1.54, 1.807) is 12.1 Å². The number of aromatic nitrogens is 1. The van der Waals surface area contributed by atoms with Crippen molar-refractivity contribution in [3.8, 4) is 0 Å². The van der Waals surface area contributed by atoms with E-state index in [4.69, 9.17) is 11.6 Å². The molecule has 0 aliphatic heterocycles. The summed E-state index contributed by atoms with van der Waals surface area (Å²) in [6.07, 6.45) is 0.614. The van der Waals surface area contributed by atoms with E-state index in [9.17, 15) is 14.7 Å². The van der Waals surface area contributed by atoms with Gasteiger partial charge in [0.1, 0.15) is 5.69 Å². The summed E-state index contributed by atoms with van der Waals surface area (Å²) >= 11 is 6.09. The molecule has 4 aromatic rings. The average molecular weight is 517 g/mol. The van der Waals surface area contributed by atoms with E-state index in [0.717, 1.165) is 27.6 Å². The summed E-state index contributed by atoms with van der Waals surface area (Å²) in [5.74, 6) is -0.402. The zero-order valence-electron chi connectivity index (χ0n) is 20.3. The first-order chi connectivity index (χ1) is 18.0. The molecule has 0 fully saturated rings. The third-order valence-corrected chi connectivity index (χ3v) is 6.96. The van der Waals surface area contributed by atoms with Gasteiger partial charge in [-0.2, -0.15) is 0 Å². The van der Waals surface area contributed by atoms with Crippen molar-refractivity contribution < 1.29 is 14.7 Å². The number of amides is 2. The van der Waals surface area contributed by atoms with Crippen molar-refractivity contribution in [2.75, 3.05) is 19.7 Å². The standard InChI is InChI=1S/C29H29ClN4O3/c30-22-10-11-24-21(14-22)16-26(31-24)29(37)32-25-15-20-8-4-5-9-23(20)28(25)33-27(36)18-34(12-13-35)17-19-6-2-1-3-7-19/h1-11,14,16,25,28,31,35H,12-13,15,17-18H2,(H,32,37)(H,33,36)/t25-,28+/m1/s1. The molecule has 4 N–H and O–H groups in total. The Morgan fingerprint density at radius 3 is 2.59 bits per heavy atom. The van der Waals surface area contributed by atoms with Crippen LogP contribution in [0.4, 0.5) is 0 Å². The van der Waals surface area contributed by atoms with E-state index in [0.29, 0.717) is 30.2 Å². The Morgan fingerprint density at radius 1 is 1.00 bits per heavy atom. The van der Waals surface area contributed by atoms with Gasteiger partial charge in [0, 0.05) is 29.0 Å². The molecule has 0 radical (unpaired) electrons. The SMILES string of the molecule is O=C(CN(CCO)Cc1ccccc1)N[C@H]1c2ccccc2C[C@H]1NC(=O)c1cc2cc(Cl)ccc2[nH]1. The summed E-state index contributed by atoms with van der Waals surface area (Å²) in [4.78, 5) is 31.4. The number of nitrogens with zero attached hydrogens (tertiary/aromatic N) is 1. The van der Waals surface area contributed by atoms with E-state index in [1.165, 1.54) is 0 Å². The fraction of sp³-hybridized carbons (Fsp3) is 0.241. The van der Waals surface area contributed by atoms with E-state index in [2.05, 4.69) is 15.6 Å². The minimum absolute atomic E-state index is 0.0409. The second-order valence-electron chi connectivity index (χ2n) is 9.36. The second kappa shape index (κ2) is 11.2. The van der Waals surface area contributed by atoms with Crippen molar-refractivity contribution in [1.29, 1.82) is 0 Å². The summed E-state index contributed by atoms with van der Waals surface area (Å²) < 4.78 is 0. The monoisotopic (exact) mass is 516 g/mol. The predicted molar refractivity (Wildman–Crippen MR) is 144 cm³/mol. The maximum atomic E-state index is 13.2. The second-order valence-corrected chi connectivity index (χ2v) is 9.80. The number of H-pyrrole nitrogens is 1. The number of hydrogen-bond donors (Lipinski definition) is 4. The number of carbonyl (C=O) groups is 2. The molecule has 0 unspecified atom stereocenters. The first kappa shape index (κ1) is 25.0. The largest absolute Gasteiger partial charge is 0.395 e. The molecule has 0 spiro atoms. The van der Waals surface area contributed by atoms with Gasteiger partial charge in [-0.1, -0.05) is 66.2 Å². The van der Waals surface area contributed by atoms with Crippen LogP contribution in [0.15, 0.2) is 78.9 Å². The Labute approximate surface area is 220 Å². The van der Waals surface area contributed by atoms with Crippen LogP contribution in [0.2, 0.25) is 5.02 Å². The smallest absolute Gasteiger partial charge is 0.268 e. The molecule has 3 aromatic carbocycles. The fourth-order valence-electron chi connectivity index (χ4n) is 5.00. The van der Waals surface area contributed by atoms with Crippen LogP contribution in [0, 0.1) is 0 Å². The van der Waals surface area contributed by atoms with Crippen LogP contribution >= 0.6 is 11.6 Å². The molecule has 0 bridgehead atoms. The molecule has 1 aromatic heterocycles. The maximum Gasteiger partial charge on any atom is 0.268 e. The molecule has 7 nitrogen and oxygen atoms in total. The molecule has 0 saturated heterocycles. The van der Waals surface area contributed by atoms with Crippen LogP contribution in [0.25, 0.3) is 10.9 Å². The van der Waals surface area contributed by atoms with Crippen LogP contribution in [0.1, 0.15) is 33.2 Å². The quantitative estimate of drug-likeness (QED) is 0.272. The number of carbonyl (C=O) groups excluding carboxylic acids is 2. The normalized spacial score (nSPS) is 16.6. The number of halogens is 1. The molecule has 2 amide bonds. The molecule has 2 atom stereocenters. The predicted octanol–water partition coefficient (Wildman–Crippen LogP) is 3.83. The minimum Gasteiger partial charge on any atom is -0.395 e. The van der Waals surface area contributed by atoms with Gasteiger partial charge in [0.15, 0.2) is 0 Å². The first-order valence-corrected chi connectivity index (χ1v) is 12.7. The van der Waals surface area contributed by atoms with Gasteiger partial charge in [-0.15, -0.1) is 0 Å². The van der Waals surface area contributed by atoms with Gasteiger partial charge in [0.25, 0.3) is 5.91 Å². The topological polar surface area (TPSA) is 97.5 Å². The highest BCUT2D eigenvalue weighted by atomic mass is 35.5. The van der Waals surface area contributed by atoms with Crippen molar-refractivity contribution in [2.45, 2.75) is 25.0 Å². The van der Waals surface area contributed by atoms with Crippen LogP contribution in [-0.2, 0) is 17.8 Å². The minimum atomic E-state index is -0.362. The Balaban J connectivity index is 1.30. The lowest BCUT2D eigenvalue weighted by atomic mass is 10.1. The lowest BCUT2D eigenvalue weighted by Gasteiger charge is -2.26. The summed E-state index contributed by atoms with van der Waals surface area (Å²) in [6.45, 7) is 1.03. The number of nitrogens with one attached hydrogen (secondary N) is 3. The first-order valence-electron chi connectivity index (χ1n) is 12.3. The van der Waals surface area contributed by atoms with Gasteiger partial charge in [-0.25, -0.2) is 0 Å².